The molecule has 1 aliphatic heterocycles. The van der Waals surface area contributed by atoms with E-state index < -0.39 is 0 Å². The van der Waals surface area contributed by atoms with Gasteiger partial charge >= 0.3 is 0 Å². The van der Waals surface area contributed by atoms with Crippen molar-refractivity contribution in [3.05, 3.63) is 24.4 Å². The standard InChI is InChI=1S/C13H19N5O/c1-2-17-7-8-19-11(10-17)9-14-13-15-12-5-3-4-6-18(12)16-13/h3-6,11H,2,7-10H2,1H3,(H,14,16). The Bertz CT molecular complexity index is 508. The number of nitrogens with zero attached hydrogens (tertiary/aromatic N) is 4. The van der Waals surface area contributed by atoms with E-state index in [9.17, 15) is 0 Å². The van der Waals surface area contributed by atoms with Crippen molar-refractivity contribution in [2.24, 2.45) is 0 Å². The molecule has 3 heterocycles. The first-order valence-corrected chi connectivity index (χ1v) is 6.74. The molecule has 0 radical (unpaired) electrons. The monoisotopic (exact) mass is 261 g/mol. The molecule has 0 saturated carbocycles. The largest absolute Gasteiger partial charge is 0.374 e. The molecule has 6 heteroatoms. The maximum absolute atomic E-state index is 5.74. The van der Waals surface area contributed by atoms with E-state index in [-0.39, 0.29) is 6.10 Å². The summed E-state index contributed by atoms with van der Waals surface area (Å²) in [5.74, 6) is 0.656. The van der Waals surface area contributed by atoms with Crippen LogP contribution in [0.15, 0.2) is 24.4 Å². The number of morpholine rings is 1. The van der Waals surface area contributed by atoms with Crippen LogP contribution in [0.5, 0.6) is 0 Å². The zero-order valence-electron chi connectivity index (χ0n) is 11.1. The van der Waals surface area contributed by atoms with Crippen LogP contribution in [0.1, 0.15) is 6.92 Å². The lowest BCUT2D eigenvalue weighted by atomic mass is 10.2. The lowest BCUT2D eigenvalue weighted by Gasteiger charge is -2.31. The summed E-state index contributed by atoms with van der Waals surface area (Å²) < 4.78 is 7.51. The Balaban J connectivity index is 1.59. The molecule has 19 heavy (non-hydrogen) atoms. The molecule has 0 spiro atoms. The molecule has 1 fully saturated rings. The zero-order chi connectivity index (χ0) is 13.1. The van der Waals surface area contributed by atoms with Crippen LogP contribution in [0.4, 0.5) is 5.95 Å². The Labute approximate surface area is 112 Å². The molecule has 0 aliphatic carbocycles. The second-order valence-electron chi connectivity index (χ2n) is 4.71. The molecule has 1 unspecified atom stereocenters. The first kappa shape index (κ1) is 12.4. The first-order chi connectivity index (χ1) is 9.35. The van der Waals surface area contributed by atoms with E-state index in [2.05, 4.69) is 27.2 Å². The summed E-state index contributed by atoms with van der Waals surface area (Å²) in [5.41, 5.74) is 0.852. The molecule has 2 aromatic rings. The number of aromatic nitrogens is 3. The molecule has 2 aromatic heterocycles. The molecule has 1 saturated heterocycles. The maximum Gasteiger partial charge on any atom is 0.243 e. The normalized spacial score (nSPS) is 20.8. The van der Waals surface area contributed by atoms with Crippen molar-refractivity contribution in [1.29, 1.82) is 0 Å². The fourth-order valence-corrected chi connectivity index (χ4v) is 2.30. The molecule has 0 amide bonds. The number of rotatable bonds is 4. The van der Waals surface area contributed by atoms with Gasteiger partial charge in [0.2, 0.25) is 5.95 Å². The molecular weight excluding hydrogens is 242 g/mol. The zero-order valence-corrected chi connectivity index (χ0v) is 11.1. The fraction of sp³-hybridized carbons (Fsp3) is 0.538. The number of nitrogens with one attached hydrogen (secondary N) is 1. The predicted molar refractivity (Wildman–Crippen MR) is 73.3 cm³/mol. The summed E-state index contributed by atoms with van der Waals surface area (Å²) in [6.07, 6.45) is 2.10. The second kappa shape index (κ2) is 5.54. The molecule has 1 N–H and O–H groups in total. The molecule has 0 bridgehead atoms. The van der Waals surface area contributed by atoms with Crippen LogP contribution in [0.2, 0.25) is 0 Å². The summed E-state index contributed by atoms with van der Waals surface area (Å²) in [4.78, 5) is 6.80. The molecule has 102 valence electrons. The average molecular weight is 261 g/mol. The minimum atomic E-state index is 0.209. The topological polar surface area (TPSA) is 54.7 Å². The molecule has 6 nitrogen and oxygen atoms in total. The van der Waals surface area contributed by atoms with E-state index in [1.54, 1.807) is 4.52 Å². The van der Waals surface area contributed by atoms with Crippen molar-refractivity contribution < 1.29 is 4.74 Å². The van der Waals surface area contributed by atoms with Gasteiger partial charge in [0.25, 0.3) is 0 Å². The summed E-state index contributed by atoms with van der Waals surface area (Å²) in [6, 6.07) is 5.83. The highest BCUT2D eigenvalue weighted by molar-refractivity contribution is 5.42. The van der Waals surface area contributed by atoms with Crippen LogP contribution >= 0.6 is 0 Å². The highest BCUT2D eigenvalue weighted by Crippen LogP contribution is 2.08. The molecule has 1 atom stereocenters. The van der Waals surface area contributed by atoms with Gasteiger partial charge in [0.15, 0.2) is 5.65 Å². The van der Waals surface area contributed by atoms with Crippen molar-refractivity contribution >= 4 is 11.6 Å². The fourth-order valence-electron chi connectivity index (χ4n) is 2.30. The number of hydrogen-bond acceptors (Lipinski definition) is 5. The van der Waals surface area contributed by atoms with Crippen LogP contribution in [0.25, 0.3) is 5.65 Å². The van der Waals surface area contributed by atoms with Gasteiger partial charge in [-0.15, -0.1) is 5.10 Å². The predicted octanol–water partition coefficient (Wildman–Crippen LogP) is 0.862. The van der Waals surface area contributed by atoms with Crippen LogP contribution in [0.3, 0.4) is 0 Å². The summed E-state index contributed by atoms with van der Waals surface area (Å²) in [6.45, 7) is 6.80. The van der Waals surface area contributed by atoms with Gasteiger partial charge in [0.05, 0.1) is 12.7 Å². The van der Waals surface area contributed by atoms with Gasteiger partial charge < -0.3 is 10.1 Å². The van der Waals surface area contributed by atoms with Gasteiger partial charge in [-0.05, 0) is 18.7 Å². The Kier molecular flexibility index (Phi) is 3.61. The molecule has 0 aromatic carbocycles. The van der Waals surface area contributed by atoms with Crippen molar-refractivity contribution in [2.75, 3.05) is 38.1 Å². The van der Waals surface area contributed by atoms with E-state index in [1.807, 2.05) is 24.4 Å². The maximum atomic E-state index is 5.74. The number of anilines is 1. The molecule has 3 rings (SSSR count). The van der Waals surface area contributed by atoms with Crippen molar-refractivity contribution in [2.45, 2.75) is 13.0 Å². The van der Waals surface area contributed by atoms with Gasteiger partial charge in [-0.25, -0.2) is 4.52 Å². The van der Waals surface area contributed by atoms with Crippen molar-refractivity contribution in [1.82, 2.24) is 19.5 Å². The average Bonchev–Trinajstić information content (AvgIpc) is 2.88. The van der Waals surface area contributed by atoms with Gasteiger partial charge in [-0.1, -0.05) is 13.0 Å². The van der Waals surface area contributed by atoms with E-state index in [0.29, 0.717) is 5.95 Å². The van der Waals surface area contributed by atoms with Gasteiger partial charge in [-0.3, -0.25) is 4.90 Å². The van der Waals surface area contributed by atoms with Gasteiger partial charge in [0.1, 0.15) is 0 Å². The second-order valence-corrected chi connectivity index (χ2v) is 4.71. The van der Waals surface area contributed by atoms with Crippen molar-refractivity contribution in [3.8, 4) is 0 Å². The van der Waals surface area contributed by atoms with E-state index in [0.717, 1.165) is 38.4 Å². The number of hydrogen-bond donors (Lipinski definition) is 1. The number of pyridine rings is 1. The Morgan fingerprint density at radius 2 is 2.42 bits per heavy atom. The minimum Gasteiger partial charge on any atom is -0.374 e. The SMILES string of the molecule is CCN1CCOC(CNc2nc3ccccn3n2)C1. The molecule has 1 aliphatic rings. The van der Waals surface area contributed by atoms with Gasteiger partial charge in [-0.2, -0.15) is 4.98 Å². The quantitative estimate of drug-likeness (QED) is 0.884. The van der Waals surface area contributed by atoms with Crippen LogP contribution in [-0.4, -0.2) is 58.4 Å². The first-order valence-electron chi connectivity index (χ1n) is 6.74. The summed E-state index contributed by atoms with van der Waals surface area (Å²) in [7, 11) is 0. The summed E-state index contributed by atoms with van der Waals surface area (Å²) >= 11 is 0. The lowest BCUT2D eigenvalue weighted by molar-refractivity contribution is -0.0192. The Morgan fingerprint density at radius 1 is 1.47 bits per heavy atom. The highest BCUT2D eigenvalue weighted by Gasteiger charge is 2.19. The third-order valence-corrected chi connectivity index (χ3v) is 3.40. The smallest absolute Gasteiger partial charge is 0.243 e. The van der Waals surface area contributed by atoms with Crippen molar-refractivity contribution in [3.63, 3.8) is 0 Å². The van der Waals surface area contributed by atoms with E-state index >= 15 is 0 Å². The van der Waals surface area contributed by atoms with Crippen LogP contribution in [-0.2, 0) is 4.74 Å². The third kappa shape index (κ3) is 2.85. The summed E-state index contributed by atoms with van der Waals surface area (Å²) in [5, 5.41) is 7.62. The van der Waals surface area contributed by atoms with E-state index in [4.69, 9.17) is 4.74 Å². The molecular formula is C13H19N5O. The van der Waals surface area contributed by atoms with E-state index in [1.165, 1.54) is 0 Å². The number of fused-ring (bicyclic) bond motifs is 1. The van der Waals surface area contributed by atoms with Gasteiger partial charge in [0, 0.05) is 25.8 Å². The minimum absolute atomic E-state index is 0.209. The Morgan fingerprint density at radius 3 is 3.26 bits per heavy atom. The van der Waals surface area contributed by atoms with Crippen LogP contribution < -0.4 is 5.32 Å². The van der Waals surface area contributed by atoms with Crippen LogP contribution in [0, 0.1) is 0 Å². The number of ether oxygens (including phenoxy) is 1. The third-order valence-electron chi connectivity index (χ3n) is 3.40. The Hall–Kier alpha value is -1.66. The lowest BCUT2D eigenvalue weighted by Crippen LogP contribution is -2.45. The highest BCUT2D eigenvalue weighted by atomic mass is 16.5. The number of likely N-dealkylation sites (N-methyl/N-ethyl adjacent to an activating group) is 1.